The smallest absolute Gasteiger partial charge is 0.0594 e. The Morgan fingerprint density at radius 2 is 1.93 bits per heavy atom. The molecule has 1 unspecified atom stereocenters. The van der Waals surface area contributed by atoms with Crippen molar-refractivity contribution in [3.05, 3.63) is 0 Å². The first-order valence-electron chi connectivity index (χ1n) is 5.99. The number of morpholine rings is 1. The van der Waals surface area contributed by atoms with Crippen molar-refractivity contribution in [2.45, 2.75) is 18.9 Å². The first kappa shape index (κ1) is 11.7. The highest BCUT2D eigenvalue weighted by Gasteiger charge is 2.23. The van der Waals surface area contributed by atoms with Crippen molar-refractivity contribution < 1.29 is 4.74 Å². The van der Waals surface area contributed by atoms with Crippen LogP contribution >= 0.6 is 11.8 Å². The minimum atomic E-state index is 0.379. The van der Waals surface area contributed by atoms with Gasteiger partial charge < -0.3 is 10.5 Å². The summed E-state index contributed by atoms with van der Waals surface area (Å²) in [4.78, 5) is 2.45. The van der Waals surface area contributed by atoms with E-state index in [1.807, 2.05) is 0 Å². The summed E-state index contributed by atoms with van der Waals surface area (Å²) in [7, 11) is 0. The number of hydrogen-bond donors (Lipinski definition) is 1. The Morgan fingerprint density at radius 3 is 2.60 bits per heavy atom. The standard InChI is InChI=1S/C11H22N2OS/c12-11(10-1-7-15-8-2-10)9-13-3-5-14-6-4-13/h10-11H,1-9,12H2. The summed E-state index contributed by atoms with van der Waals surface area (Å²) in [5, 5.41) is 0. The summed E-state index contributed by atoms with van der Waals surface area (Å²) in [5.74, 6) is 3.37. The number of rotatable bonds is 3. The molecule has 2 rings (SSSR count). The number of ether oxygens (including phenoxy) is 1. The highest BCUT2D eigenvalue weighted by molar-refractivity contribution is 7.99. The topological polar surface area (TPSA) is 38.5 Å². The summed E-state index contributed by atoms with van der Waals surface area (Å²) in [6.07, 6.45) is 2.63. The third kappa shape index (κ3) is 3.63. The van der Waals surface area contributed by atoms with E-state index in [1.54, 1.807) is 0 Å². The zero-order chi connectivity index (χ0) is 10.5. The van der Waals surface area contributed by atoms with Crippen LogP contribution < -0.4 is 5.73 Å². The highest BCUT2D eigenvalue weighted by Crippen LogP contribution is 2.25. The van der Waals surface area contributed by atoms with Crippen LogP contribution in [0.2, 0.25) is 0 Å². The number of nitrogens with zero attached hydrogens (tertiary/aromatic N) is 1. The molecule has 0 spiro atoms. The van der Waals surface area contributed by atoms with Crippen LogP contribution in [0.25, 0.3) is 0 Å². The van der Waals surface area contributed by atoms with Gasteiger partial charge in [0, 0.05) is 25.7 Å². The van der Waals surface area contributed by atoms with Crippen molar-refractivity contribution in [2.75, 3.05) is 44.4 Å². The molecule has 0 aromatic carbocycles. The molecule has 88 valence electrons. The van der Waals surface area contributed by atoms with Crippen LogP contribution in [0.4, 0.5) is 0 Å². The summed E-state index contributed by atoms with van der Waals surface area (Å²) in [6, 6.07) is 0.379. The fourth-order valence-electron chi connectivity index (χ4n) is 2.37. The average molecular weight is 230 g/mol. The van der Waals surface area contributed by atoms with E-state index in [4.69, 9.17) is 10.5 Å². The van der Waals surface area contributed by atoms with Crippen molar-refractivity contribution in [3.8, 4) is 0 Å². The molecule has 0 aromatic heterocycles. The molecule has 1 atom stereocenters. The number of hydrogen-bond acceptors (Lipinski definition) is 4. The van der Waals surface area contributed by atoms with Gasteiger partial charge in [0.2, 0.25) is 0 Å². The molecule has 4 heteroatoms. The highest BCUT2D eigenvalue weighted by atomic mass is 32.2. The molecular weight excluding hydrogens is 208 g/mol. The molecule has 2 aliphatic rings. The number of thioether (sulfide) groups is 1. The van der Waals surface area contributed by atoms with Gasteiger partial charge in [0.05, 0.1) is 13.2 Å². The third-order valence-electron chi connectivity index (χ3n) is 3.44. The lowest BCUT2D eigenvalue weighted by Gasteiger charge is -2.33. The van der Waals surface area contributed by atoms with Gasteiger partial charge in [-0.05, 0) is 30.3 Å². The predicted octanol–water partition coefficient (Wildman–Crippen LogP) is 0.789. The summed E-state index contributed by atoms with van der Waals surface area (Å²) < 4.78 is 5.34. The average Bonchev–Trinajstić information content (AvgIpc) is 2.31. The second-order valence-corrected chi connectivity index (χ2v) is 5.75. The maximum Gasteiger partial charge on any atom is 0.0594 e. The van der Waals surface area contributed by atoms with Gasteiger partial charge in [-0.1, -0.05) is 0 Å². The van der Waals surface area contributed by atoms with Crippen molar-refractivity contribution >= 4 is 11.8 Å². The van der Waals surface area contributed by atoms with Gasteiger partial charge in [-0.15, -0.1) is 0 Å². The van der Waals surface area contributed by atoms with E-state index in [-0.39, 0.29) is 0 Å². The van der Waals surface area contributed by atoms with Crippen LogP contribution in [-0.4, -0.2) is 55.3 Å². The van der Waals surface area contributed by atoms with E-state index in [2.05, 4.69) is 16.7 Å². The SMILES string of the molecule is NC(CN1CCOCC1)C1CCSCC1. The molecule has 2 aliphatic heterocycles. The van der Waals surface area contributed by atoms with Crippen molar-refractivity contribution in [1.29, 1.82) is 0 Å². The Labute approximate surface area is 96.7 Å². The van der Waals surface area contributed by atoms with Crippen molar-refractivity contribution in [3.63, 3.8) is 0 Å². The molecule has 2 heterocycles. The summed E-state index contributed by atoms with van der Waals surface area (Å²) in [6.45, 7) is 4.96. The minimum Gasteiger partial charge on any atom is -0.379 e. The fraction of sp³-hybridized carbons (Fsp3) is 1.00. The van der Waals surface area contributed by atoms with E-state index in [0.29, 0.717) is 6.04 Å². The van der Waals surface area contributed by atoms with E-state index in [0.717, 1.165) is 38.8 Å². The Bertz CT molecular complexity index is 179. The fourth-order valence-corrected chi connectivity index (χ4v) is 3.52. The first-order valence-corrected chi connectivity index (χ1v) is 7.15. The van der Waals surface area contributed by atoms with Gasteiger partial charge in [0.1, 0.15) is 0 Å². The van der Waals surface area contributed by atoms with Gasteiger partial charge in [-0.2, -0.15) is 11.8 Å². The molecule has 15 heavy (non-hydrogen) atoms. The lowest BCUT2D eigenvalue weighted by atomic mass is 9.94. The first-order chi connectivity index (χ1) is 7.36. The summed E-state index contributed by atoms with van der Waals surface area (Å²) in [5.41, 5.74) is 6.29. The minimum absolute atomic E-state index is 0.379. The van der Waals surface area contributed by atoms with Crippen molar-refractivity contribution in [2.24, 2.45) is 11.7 Å². The van der Waals surface area contributed by atoms with E-state index in [9.17, 15) is 0 Å². The van der Waals surface area contributed by atoms with Crippen LogP contribution in [-0.2, 0) is 4.74 Å². The molecule has 2 N–H and O–H groups in total. The molecule has 2 fully saturated rings. The molecule has 0 amide bonds. The quantitative estimate of drug-likeness (QED) is 0.778. The Morgan fingerprint density at radius 1 is 1.27 bits per heavy atom. The summed E-state index contributed by atoms with van der Waals surface area (Å²) >= 11 is 2.07. The Hall–Kier alpha value is 0.230. The van der Waals surface area contributed by atoms with Gasteiger partial charge in [-0.3, -0.25) is 4.90 Å². The number of nitrogens with two attached hydrogens (primary N) is 1. The third-order valence-corrected chi connectivity index (χ3v) is 4.49. The van der Waals surface area contributed by atoms with E-state index in [1.165, 1.54) is 24.3 Å². The molecule has 2 saturated heterocycles. The largest absolute Gasteiger partial charge is 0.379 e. The Kier molecular flexibility index (Phi) is 4.75. The lowest BCUT2D eigenvalue weighted by molar-refractivity contribution is 0.0322. The van der Waals surface area contributed by atoms with Crippen molar-refractivity contribution in [1.82, 2.24) is 4.90 Å². The van der Waals surface area contributed by atoms with Crippen LogP contribution in [0.3, 0.4) is 0 Å². The molecule has 0 radical (unpaired) electrons. The van der Waals surface area contributed by atoms with Gasteiger partial charge in [0.15, 0.2) is 0 Å². The maximum atomic E-state index is 6.29. The second kappa shape index (κ2) is 6.09. The molecule has 3 nitrogen and oxygen atoms in total. The predicted molar refractivity (Wildman–Crippen MR) is 65.3 cm³/mol. The van der Waals surface area contributed by atoms with Crippen LogP contribution in [0, 0.1) is 5.92 Å². The molecule has 0 saturated carbocycles. The maximum absolute atomic E-state index is 6.29. The molecular formula is C11H22N2OS. The van der Waals surface area contributed by atoms with Gasteiger partial charge in [-0.25, -0.2) is 0 Å². The van der Waals surface area contributed by atoms with Gasteiger partial charge >= 0.3 is 0 Å². The van der Waals surface area contributed by atoms with Crippen LogP contribution in [0.5, 0.6) is 0 Å². The van der Waals surface area contributed by atoms with E-state index < -0.39 is 0 Å². The normalized spacial score (nSPS) is 27.8. The molecule has 0 aromatic rings. The Balaban J connectivity index is 1.72. The van der Waals surface area contributed by atoms with E-state index >= 15 is 0 Å². The van der Waals surface area contributed by atoms with Gasteiger partial charge in [0.25, 0.3) is 0 Å². The molecule has 0 bridgehead atoms. The van der Waals surface area contributed by atoms with Crippen LogP contribution in [0.15, 0.2) is 0 Å². The second-order valence-electron chi connectivity index (χ2n) is 4.53. The van der Waals surface area contributed by atoms with Crippen LogP contribution in [0.1, 0.15) is 12.8 Å². The zero-order valence-electron chi connectivity index (χ0n) is 9.36. The lowest BCUT2D eigenvalue weighted by Crippen LogP contribution is -2.47. The monoisotopic (exact) mass is 230 g/mol. The zero-order valence-corrected chi connectivity index (χ0v) is 10.2. The molecule has 0 aliphatic carbocycles.